The molecule has 1 fully saturated rings. The molecule has 0 radical (unpaired) electrons. The van der Waals surface area contributed by atoms with Crippen molar-refractivity contribution < 1.29 is 52.7 Å². The highest BCUT2D eigenvalue weighted by Crippen LogP contribution is 2.33. The molecule has 676 valence electrons. The molecule has 6 N–H and O–H groups in total. The lowest BCUT2D eigenvalue weighted by Crippen LogP contribution is -2.40. The van der Waals surface area contributed by atoms with Crippen molar-refractivity contribution in [2.45, 2.75) is 151 Å². The molecule has 11 heterocycles. The number of nitrogens with zero attached hydrogens (tertiary/aromatic N) is 11. The average Bonchev–Trinajstić information content (AvgIpc) is 0.806. The summed E-state index contributed by atoms with van der Waals surface area (Å²) >= 11 is 0. The number of Topliss-reactive ketones (excluding diaryl/α,β-unsaturated/α-hetero) is 4. The monoisotopic (exact) mass is 1770 g/mol. The van der Waals surface area contributed by atoms with Crippen LogP contribution in [0, 0.1) is 41.5 Å². The summed E-state index contributed by atoms with van der Waals surface area (Å²) in [7, 11) is 0. The highest BCUT2D eigenvalue weighted by atomic mass is 16.5. The number of amides is 6. The minimum Gasteiger partial charge on any atom is -0.378 e. The van der Waals surface area contributed by atoms with E-state index in [0.717, 1.165) is 75.6 Å². The van der Waals surface area contributed by atoms with Crippen LogP contribution in [0.4, 0.5) is 40.3 Å². The van der Waals surface area contributed by atoms with E-state index in [2.05, 4.69) is 61.2 Å². The summed E-state index contributed by atoms with van der Waals surface area (Å²) < 4.78 is 5.35. The molecule has 0 atom stereocenters. The molecule has 5 aromatic heterocycles. The van der Waals surface area contributed by atoms with Crippen LogP contribution in [0.1, 0.15) is 135 Å². The molecular formula is C98H103N17O16. The Bertz CT molecular complexity index is 6530. The topological polar surface area (TPSA) is 440 Å². The number of carbonyl (C=O) groups is 10. The molecule has 0 aliphatic carbocycles. The van der Waals surface area contributed by atoms with Crippen LogP contribution in [0.25, 0.3) is 11.4 Å². The van der Waals surface area contributed by atoms with Gasteiger partial charge >= 0.3 is 0 Å². The normalized spacial score (nSPS) is 14.2. The first-order valence-electron chi connectivity index (χ1n) is 43.6. The smallest absolute Gasteiger partial charge is 0.255 e. The van der Waals surface area contributed by atoms with Gasteiger partial charge in [0.15, 0.2) is 23.1 Å². The van der Waals surface area contributed by atoms with Crippen LogP contribution < -0.4 is 62.5 Å². The van der Waals surface area contributed by atoms with E-state index in [1.54, 1.807) is 34.6 Å². The van der Waals surface area contributed by atoms with Crippen molar-refractivity contribution in [3.63, 3.8) is 0 Å². The number of carbonyl (C=O) groups excluding carboxylic acids is 10. The van der Waals surface area contributed by atoms with Crippen LogP contribution in [0.5, 0.6) is 0 Å². The van der Waals surface area contributed by atoms with Crippen LogP contribution in [0.3, 0.4) is 0 Å². The molecule has 33 heteroatoms. The Labute approximate surface area is 753 Å². The van der Waals surface area contributed by atoms with Gasteiger partial charge < -0.3 is 49.1 Å². The van der Waals surface area contributed by atoms with E-state index in [4.69, 9.17) is 4.74 Å². The molecule has 0 unspecified atom stereocenters. The van der Waals surface area contributed by atoms with Gasteiger partial charge in [-0.15, -0.1) is 0 Å². The van der Waals surface area contributed by atoms with Crippen LogP contribution in [0.2, 0.25) is 0 Å². The molecule has 0 bridgehead atoms. The molecule has 11 aromatic rings. The largest absolute Gasteiger partial charge is 0.378 e. The first kappa shape index (κ1) is 93.6. The molecular weight excluding hydrogens is 1670 g/mol. The Balaban J connectivity index is 0.000000140. The molecule has 6 aliphatic rings. The van der Waals surface area contributed by atoms with E-state index in [-0.39, 0.29) is 151 Å². The van der Waals surface area contributed by atoms with Crippen molar-refractivity contribution in [2.75, 3.05) is 93.7 Å². The third-order valence-corrected chi connectivity index (χ3v) is 23.4. The summed E-state index contributed by atoms with van der Waals surface area (Å²) in [6.45, 7) is 15.6. The minimum absolute atomic E-state index is 0.0139. The Hall–Kier alpha value is -15.0. The Kier molecular flexibility index (Phi) is 30.9. The maximum Gasteiger partial charge on any atom is 0.255 e. The van der Waals surface area contributed by atoms with E-state index >= 15 is 0 Å². The van der Waals surface area contributed by atoms with E-state index in [1.165, 1.54) is 38.4 Å². The van der Waals surface area contributed by atoms with E-state index in [9.17, 15) is 71.9 Å². The number of aromatic amines is 5. The van der Waals surface area contributed by atoms with Crippen molar-refractivity contribution in [3.8, 4) is 11.4 Å². The summed E-state index contributed by atoms with van der Waals surface area (Å²) in [5.41, 5.74) is 13.9. The Morgan fingerprint density at radius 3 is 1.11 bits per heavy atom. The number of morpholine rings is 1. The number of aryl methyl sites for hydroxylation is 7. The second-order valence-corrected chi connectivity index (χ2v) is 32.6. The van der Waals surface area contributed by atoms with Gasteiger partial charge in [-0.25, -0.2) is 24.9 Å². The van der Waals surface area contributed by atoms with Gasteiger partial charge in [-0.2, -0.15) is 0 Å². The predicted molar refractivity (Wildman–Crippen MR) is 494 cm³/mol. The van der Waals surface area contributed by atoms with Crippen LogP contribution >= 0.6 is 0 Å². The van der Waals surface area contributed by atoms with Gasteiger partial charge in [0.25, 0.3) is 27.8 Å². The number of ketones is 4. The van der Waals surface area contributed by atoms with E-state index < -0.39 is 5.56 Å². The summed E-state index contributed by atoms with van der Waals surface area (Å²) in [6.07, 6.45) is 7.05. The number of hydrogen-bond acceptors (Lipinski definition) is 22. The summed E-state index contributed by atoms with van der Waals surface area (Å²) in [6, 6.07) is 47.1. The number of hydrogen-bond donors (Lipinski definition) is 6. The SMILES string of the molecule is CC(=O)Nc1nc(C)c(CCC(=O)N2CC(=O)Cc3ccccc32)c(=O)[nH]1.Cc1nc(-c2ccccc2)[nH]c(=O)c1CCC(=O)N1CC(=O)Cc2ccccc21.Cc1nc(C)c(CCC(=O)N2CC(=O)Cc3ccccc32)c(=O)[nH]1.Cc1nc(N2CCOCC2)[nH]c(=O)c1CCC(=O)N1CCCc2ccccc21.Cc1nc[nH]c(=O)c1CCC(=O)N1CC(=O)Cc2ccccc21. The summed E-state index contributed by atoms with van der Waals surface area (Å²) in [4.78, 5) is 228. The third-order valence-electron chi connectivity index (χ3n) is 23.4. The number of para-hydroxylation sites is 5. The summed E-state index contributed by atoms with van der Waals surface area (Å²) in [5, 5.41) is 2.43. The van der Waals surface area contributed by atoms with Gasteiger partial charge in [-0.1, -0.05) is 121 Å². The number of anilines is 7. The lowest BCUT2D eigenvalue weighted by Gasteiger charge is -2.29. The fraction of sp³-hybridized carbons (Fsp3) is 0.327. The second kappa shape index (κ2) is 43.2. The second-order valence-electron chi connectivity index (χ2n) is 32.6. The molecule has 6 amide bonds. The molecule has 17 rings (SSSR count). The molecule has 0 spiro atoms. The predicted octanol–water partition coefficient (Wildman–Crippen LogP) is 8.44. The third kappa shape index (κ3) is 23.7. The molecule has 1 saturated heterocycles. The van der Waals surface area contributed by atoms with Crippen molar-refractivity contribution in [2.24, 2.45) is 0 Å². The van der Waals surface area contributed by atoms with Gasteiger partial charge in [0, 0.05) is 175 Å². The standard InChI is InChI=1S/C23H21N3O3.C21H26N4O3.C19H20N4O4.C18H19N3O3.C17H17N3O3/c1-15-19(23(29)25-22(24-15)16-7-3-2-4-8-16)11-12-21(28)26-14-18(27)13-17-9-5-6-10-20(17)26;1-15-17(20(27)23-21(22-15)24-11-13-28-14-12-24)8-9-19(26)25-10-4-6-16-5-2-3-7-18(16)25;1-11-15(18(27)22-19(20-11)21-12(2)24)7-8-17(26)23-10-14(25)9-13-5-3-4-6-16(13)23;1-11-15(18(24)20-12(2)19-11)7-8-17(23)21-10-14(22)9-13-5-3-4-6-16(13)21;1-11-14(17(23)19-10-18-11)6-7-16(22)20-9-13(21)8-12-4-2-3-5-15(12)20/h2-10H,11-14H2,1H3,(H,24,25,29);2-3,5,7H,4,6,8-14H2,1H3,(H,22,23,27);3-6H,7-10H2,1-2H3,(H2,20,21,22,24,27);3-6H,7-10H2,1-2H3,(H,19,20,24);2-5,10H,6-9H2,1H3,(H,18,19,23). The molecule has 6 aliphatic heterocycles. The van der Waals surface area contributed by atoms with Crippen LogP contribution in [-0.2, 0) is 117 Å². The fourth-order valence-electron chi connectivity index (χ4n) is 16.8. The molecule has 33 nitrogen and oxygen atoms in total. The van der Waals surface area contributed by atoms with Gasteiger partial charge in [0.1, 0.15) is 11.6 Å². The first-order chi connectivity index (χ1) is 63.0. The van der Waals surface area contributed by atoms with Gasteiger partial charge in [0.2, 0.25) is 47.3 Å². The number of aromatic nitrogens is 10. The zero-order valence-corrected chi connectivity index (χ0v) is 74.1. The fourth-order valence-corrected chi connectivity index (χ4v) is 16.8. The zero-order valence-electron chi connectivity index (χ0n) is 74.1. The van der Waals surface area contributed by atoms with Crippen LogP contribution in [0.15, 0.2) is 182 Å². The Morgan fingerprint density at radius 2 is 0.718 bits per heavy atom. The quantitative estimate of drug-likeness (QED) is 0.0469. The average molecular weight is 1780 g/mol. The molecule has 0 saturated carbocycles. The number of rotatable bonds is 18. The lowest BCUT2D eigenvalue weighted by molar-refractivity contribution is -0.122. The first-order valence-corrected chi connectivity index (χ1v) is 43.6. The van der Waals surface area contributed by atoms with Gasteiger partial charge in [-0.3, -0.25) is 87.2 Å². The Morgan fingerprint density at radius 1 is 0.366 bits per heavy atom. The van der Waals surface area contributed by atoms with Gasteiger partial charge in [0.05, 0.1) is 45.7 Å². The minimum atomic E-state index is -0.394. The van der Waals surface area contributed by atoms with Crippen molar-refractivity contribution in [3.05, 3.63) is 300 Å². The van der Waals surface area contributed by atoms with Crippen molar-refractivity contribution in [1.29, 1.82) is 0 Å². The van der Waals surface area contributed by atoms with Gasteiger partial charge in [-0.05, 0) is 145 Å². The van der Waals surface area contributed by atoms with E-state index in [1.807, 2.05) is 162 Å². The van der Waals surface area contributed by atoms with Crippen LogP contribution in [-0.4, -0.2) is 167 Å². The van der Waals surface area contributed by atoms with Crippen molar-refractivity contribution >= 4 is 98.9 Å². The highest BCUT2D eigenvalue weighted by Gasteiger charge is 2.33. The number of ether oxygens (including phenoxy) is 1. The number of nitrogens with one attached hydrogen (secondary N) is 6. The summed E-state index contributed by atoms with van der Waals surface area (Å²) in [5.74, 6) is 0.790. The molecule has 131 heavy (non-hydrogen) atoms. The number of benzene rings is 6. The maximum absolute atomic E-state index is 12.8. The highest BCUT2D eigenvalue weighted by molar-refractivity contribution is 6.07. The lowest BCUT2D eigenvalue weighted by atomic mass is 10.00. The maximum atomic E-state index is 12.8. The number of fused-ring (bicyclic) bond motifs is 5. The number of H-pyrrole nitrogens is 5. The molecule has 6 aromatic carbocycles. The van der Waals surface area contributed by atoms with E-state index in [0.29, 0.717) is 152 Å². The van der Waals surface area contributed by atoms with Crippen molar-refractivity contribution in [1.82, 2.24) is 49.8 Å². The zero-order chi connectivity index (χ0) is 93.1.